The van der Waals surface area contributed by atoms with E-state index in [-0.39, 0.29) is 28.9 Å². The van der Waals surface area contributed by atoms with Crippen molar-refractivity contribution in [3.05, 3.63) is 46.6 Å². The van der Waals surface area contributed by atoms with Crippen molar-refractivity contribution < 1.29 is 12.8 Å². The number of nitrogens with one attached hydrogen (secondary N) is 2. The van der Waals surface area contributed by atoms with Crippen LogP contribution in [0.3, 0.4) is 0 Å². The molecule has 0 saturated carbocycles. The first-order valence-electron chi connectivity index (χ1n) is 7.53. The first-order chi connectivity index (χ1) is 12.3. The van der Waals surface area contributed by atoms with E-state index >= 15 is 0 Å². The fourth-order valence-electron chi connectivity index (χ4n) is 2.57. The summed E-state index contributed by atoms with van der Waals surface area (Å²) in [5, 5.41) is 16.1. The molecule has 2 N–H and O–H groups in total. The van der Waals surface area contributed by atoms with E-state index in [4.69, 9.17) is 5.26 Å². The molecule has 0 bridgehead atoms. The van der Waals surface area contributed by atoms with Crippen LogP contribution in [0.25, 0.3) is 10.9 Å². The molecule has 0 saturated heterocycles. The Morgan fingerprint density at radius 3 is 2.81 bits per heavy atom. The van der Waals surface area contributed by atoms with E-state index in [1.54, 1.807) is 6.07 Å². The lowest BCUT2D eigenvalue weighted by molar-refractivity contribution is 0.571. The number of anilines is 2. The minimum Gasteiger partial charge on any atom is -0.338 e. The minimum atomic E-state index is -3.68. The molecular weight excluding hydrogens is 361 g/mol. The molecule has 0 fully saturated rings. The van der Waals surface area contributed by atoms with Gasteiger partial charge in [-0.25, -0.2) is 12.8 Å². The maximum Gasteiger partial charge on any atom is 0.261 e. The fourth-order valence-corrected chi connectivity index (χ4v) is 3.29. The lowest BCUT2D eigenvalue weighted by Gasteiger charge is -2.06. The number of sulfone groups is 1. The Bertz CT molecular complexity index is 1190. The van der Waals surface area contributed by atoms with Crippen LogP contribution in [0.2, 0.25) is 0 Å². The highest BCUT2D eigenvalue weighted by Crippen LogP contribution is 2.25. The molecule has 0 radical (unpaired) electrons. The molecule has 26 heavy (non-hydrogen) atoms. The third kappa shape index (κ3) is 3.29. The zero-order valence-electron chi connectivity index (χ0n) is 13.7. The Balaban J connectivity index is 2.06. The van der Waals surface area contributed by atoms with Crippen molar-refractivity contribution in [3.63, 3.8) is 0 Å². The third-order valence-electron chi connectivity index (χ3n) is 3.70. The summed E-state index contributed by atoms with van der Waals surface area (Å²) in [4.78, 5) is 14.3. The van der Waals surface area contributed by atoms with Crippen LogP contribution in [0.4, 0.5) is 15.9 Å². The number of halogens is 1. The zero-order chi connectivity index (χ0) is 18.9. The second-order valence-corrected chi connectivity index (χ2v) is 7.57. The molecule has 0 aliphatic rings. The number of benzene rings is 1. The van der Waals surface area contributed by atoms with E-state index in [1.807, 2.05) is 6.07 Å². The van der Waals surface area contributed by atoms with Crippen molar-refractivity contribution in [3.8, 4) is 6.07 Å². The molecule has 0 aliphatic heterocycles. The molecule has 0 spiro atoms. The average molecular weight is 375 g/mol. The monoisotopic (exact) mass is 375 g/mol. The Morgan fingerprint density at radius 1 is 1.38 bits per heavy atom. The highest BCUT2D eigenvalue weighted by atomic mass is 32.2. The lowest BCUT2D eigenvalue weighted by atomic mass is 10.2. The molecule has 1 aromatic carbocycles. The van der Waals surface area contributed by atoms with E-state index in [1.165, 1.54) is 16.9 Å². The van der Waals surface area contributed by atoms with Crippen LogP contribution in [-0.2, 0) is 16.4 Å². The summed E-state index contributed by atoms with van der Waals surface area (Å²) in [5.41, 5.74) is 0.381. The topological polar surface area (TPSA) is 121 Å². The number of pyridine rings is 1. The fraction of sp³-hybridized carbons (Fsp3) is 0.188. The number of fused-ring (bicyclic) bond motifs is 1. The van der Waals surface area contributed by atoms with Gasteiger partial charge in [0.2, 0.25) is 0 Å². The number of nitrogens with zero attached hydrogens (tertiary/aromatic N) is 3. The van der Waals surface area contributed by atoms with Gasteiger partial charge in [0.25, 0.3) is 5.56 Å². The molecule has 2 heterocycles. The lowest BCUT2D eigenvalue weighted by Crippen LogP contribution is -2.06. The second-order valence-electron chi connectivity index (χ2n) is 5.59. The SMILES string of the molecule is CS(=O)(=O)c1ccc(Nc2nn(CCC#N)c3cc[nH]c(=O)c23)cc1F. The number of H-pyrrole nitrogens is 1. The van der Waals surface area contributed by atoms with Gasteiger partial charge in [0.1, 0.15) is 16.1 Å². The summed E-state index contributed by atoms with van der Waals surface area (Å²) >= 11 is 0. The van der Waals surface area contributed by atoms with Gasteiger partial charge in [-0.1, -0.05) is 0 Å². The van der Waals surface area contributed by atoms with Crippen LogP contribution in [0, 0.1) is 17.1 Å². The van der Waals surface area contributed by atoms with E-state index in [2.05, 4.69) is 15.4 Å². The molecule has 3 rings (SSSR count). The summed E-state index contributed by atoms with van der Waals surface area (Å²) < 4.78 is 38.6. The number of rotatable bonds is 5. The molecule has 0 amide bonds. The van der Waals surface area contributed by atoms with Crippen LogP contribution in [-0.4, -0.2) is 29.4 Å². The van der Waals surface area contributed by atoms with Gasteiger partial charge in [0, 0.05) is 18.1 Å². The second kappa shape index (κ2) is 6.61. The molecule has 10 heteroatoms. The Hall–Kier alpha value is -3.19. The highest BCUT2D eigenvalue weighted by molar-refractivity contribution is 7.90. The number of aryl methyl sites for hydroxylation is 1. The largest absolute Gasteiger partial charge is 0.338 e. The standard InChI is InChI=1S/C16H14FN5O3S/c1-26(24,25)13-4-3-10(9-11(13)17)20-15-14-12(5-7-19-16(14)23)22(21-15)8-2-6-18/h3-5,7,9H,2,8H2,1H3,(H,19,23)(H,20,21). The van der Waals surface area contributed by atoms with Gasteiger partial charge in [-0.2, -0.15) is 10.4 Å². The summed E-state index contributed by atoms with van der Waals surface area (Å²) in [7, 11) is -3.68. The summed E-state index contributed by atoms with van der Waals surface area (Å²) in [6, 6.07) is 7.21. The summed E-state index contributed by atoms with van der Waals surface area (Å²) in [5.74, 6) is -0.717. The Kier molecular flexibility index (Phi) is 4.48. The summed E-state index contributed by atoms with van der Waals surface area (Å²) in [6.45, 7) is 0.291. The maximum absolute atomic E-state index is 14.1. The quantitative estimate of drug-likeness (QED) is 0.703. The van der Waals surface area contributed by atoms with Gasteiger partial charge in [0.15, 0.2) is 15.7 Å². The van der Waals surface area contributed by atoms with E-state index in [9.17, 15) is 17.6 Å². The van der Waals surface area contributed by atoms with Crippen molar-refractivity contribution in [2.24, 2.45) is 0 Å². The number of aromatic amines is 1. The van der Waals surface area contributed by atoms with Gasteiger partial charge in [0.05, 0.1) is 24.6 Å². The van der Waals surface area contributed by atoms with Crippen LogP contribution in [0.15, 0.2) is 40.2 Å². The highest BCUT2D eigenvalue weighted by Gasteiger charge is 2.17. The molecule has 3 aromatic rings. The van der Waals surface area contributed by atoms with Crippen LogP contribution < -0.4 is 10.9 Å². The maximum atomic E-state index is 14.1. The smallest absolute Gasteiger partial charge is 0.261 e. The molecule has 134 valence electrons. The predicted molar refractivity (Wildman–Crippen MR) is 93.4 cm³/mol. The predicted octanol–water partition coefficient (Wildman–Crippen LogP) is 1.92. The first-order valence-corrected chi connectivity index (χ1v) is 9.42. The van der Waals surface area contributed by atoms with Gasteiger partial charge in [-0.3, -0.25) is 9.48 Å². The van der Waals surface area contributed by atoms with E-state index in [0.717, 1.165) is 18.4 Å². The van der Waals surface area contributed by atoms with Crippen LogP contribution >= 0.6 is 0 Å². The number of hydrogen-bond donors (Lipinski definition) is 2. The normalized spacial score (nSPS) is 11.4. The van der Waals surface area contributed by atoms with Gasteiger partial charge in [-0.05, 0) is 24.3 Å². The Labute approximate surface area is 147 Å². The number of aromatic nitrogens is 3. The van der Waals surface area contributed by atoms with Crippen molar-refractivity contribution >= 4 is 32.2 Å². The molecule has 0 aliphatic carbocycles. The van der Waals surface area contributed by atoms with Crippen molar-refractivity contribution in [2.75, 3.05) is 11.6 Å². The molecule has 0 unspecified atom stereocenters. The van der Waals surface area contributed by atoms with Crippen LogP contribution in [0.1, 0.15) is 6.42 Å². The minimum absolute atomic E-state index is 0.186. The average Bonchev–Trinajstić information content (AvgIpc) is 2.91. The first kappa shape index (κ1) is 17.6. The van der Waals surface area contributed by atoms with Crippen molar-refractivity contribution in [1.82, 2.24) is 14.8 Å². The Morgan fingerprint density at radius 2 is 2.15 bits per heavy atom. The molecule has 2 aromatic heterocycles. The number of hydrogen-bond acceptors (Lipinski definition) is 6. The van der Waals surface area contributed by atoms with Gasteiger partial charge >= 0.3 is 0 Å². The van der Waals surface area contributed by atoms with Crippen LogP contribution in [0.5, 0.6) is 0 Å². The van der Waals surface area contributed by atoms with Crippen molar-refractivity contribution in [1.29, 1.82) is 5.26 Å². The van der Waals surface area contributed by atoms with E-state index < -0.39 is 20.5 Å². The molecule has 8 nitrogen and oxygen atoms in total. The molecule has 0 atom stereocenters. The third-order valence-corrected chi connectivity index (χ3v) is 4.83. The summed E-state index contributed by atoms with van der Waals surface area (Å²) in [6.07, 6.45) is 2.60. The van der Waals surface area contributed by atoms with Gasteiger partial charge < -0.3 is 10.3 Å². The number of nitriles is 1. The van der Waals surface area contributed by atoms with E-state index in [0.29, 0.717) is 12.1 Å². The van der Waals surface area contributed by atoms with Gasteiger partial charge in [-0.15, -0.1) is 0 Å². The van der Waals surface area contributed by atoms with Crippen molar-refractivity contribution in [2.45, 2.75) is 17.9 Å². The zero-order valence-corrected chi connectivity index (χ0v) is 14.5. The molecular formula is C16H14FN5O3S.